The van der Waals surface area contributed by atoms with Gasteiger partial charge in [-0.1, -0.05) is 30.3 Å². The number of hydrogen-bond donors (Lipinski definition) is 1. The number of carbonyl (C=O) groups is 1. The maximum absolute atomic E-state index is 13.4. The predicted octanol–water partition coefficient (Wildman–Crippen LogP) is 6.83. The van der Waals surface area contributed by atoms with E-state index >= 15 is 0 Å². The standard InChI is InChI=1S/C26H18F4N2O2/c1-34-24-11-3-2-8-20(24)23-10-5-9-22(32-23)16-6-4-7-18(14-16)31-25(33)19-13-12-17(27)15-21(19)26(28,29)30/h2-15H,1H3,(H,31,33). The number of anilines is 1. The summed E-state index contributed by atoms with van der Waals surface area (Å²) in [6, 6.07) is 21.4. The number of alkyl halides is 3. The van der Waals surface area contributed by atoms with Crippen molar-refractivity contribution in [2.24, 2.45) is 0 Å². The van der Waals surface area contributed by atoms with Crippen LogP contribution in [0.2, 0.25) is 0 Å². The van der Waals surface area contributed by atoms with Gasteiger partial charge < -0.3 is 10.1 Å². The van der Waals surface area contributed by atoms with Gasteiger partial charge in [-0.3, -0.25) is 4.79 Å². The first-order valence-corrected chi connectivity index (χ1v) is 10.2. The molecule has 4 aromatic rings. The Balaban J connectivity index is 1.64. The molecule has 34 heavy (non-hydrogen) atoms. The molecule has 1 heterocycles. The van der Waals surface area contributed by atoms with Gasteiger partial charge >= 0.3 is 6.18 Å². The van der Waals surface area contributed by atoms with Crippen LogP contribution in [0.25, 0.3) is 22.5 Å². The smallest absolute Gasteiger partial charge is 0.417 e. The number of hydrogen-bond acceptors (Lipinski definition) is 3. The van der Waals surface area contributed by atoms with E-state index < -0.39 is 29.0 Å². The van der Waals surface area contributed by atoms with Gasteiger partial charge in [0.1, 0.15) is 11.6 Å². The summed E-state index contributed by atoms with van der Waals surface area (Å²) in [5, 5.41) is 2.46. The summed E-state index contributed by atoms with van der Waals surface area (Å²) in [7, 11) is 1.57. The topological polar surface area (TPSA) is 51.2 Å². The van der Waals surface area contributed by atoms with Crippen LogP contribution in [-0.2, 0) is 6.18 Å². The van der Waals surface area contributed by atoms with Crippen LogP contribution in [0, 0.1) is 5.82 Å². The second-order valence-electron chi connectivity index (χ2n) is 7.33. The molecule has 8 heteroatoms. The predicted molar refractivity (Wildman–Crippen MR) is 121 cm³/mol. The molecular formula is C26H18F4N2O2. The molecule has 0 atom stereocenters. The third-order valence-corrected chi connectivity index (χ3v) is 5.08. The maximum Gasteiger partial charge on any atom is 0.417 e. The molecule has 0 spiro atoms. The Hall–Kier alpha value is -4.20. The fraction of sp³-hybridized carbons (Fsp3) is 0.0769. The SMILES string of the molecule is COc1ccccc1-c1cccc(-c2cccc(NC(=O)c3ccc(F)cc3C(F)(F)F)c2)n1. The minimum absolute atomic E-state index is 0.268. The number of ether oxygens (including phenoxy) is 1. The van der Waals surface area contributed by atoms with E-state index in [1.165, 1.54) is 0 Å². The van der Waals surface area contributed by atoms with Crippen LogP contribution in [-0.4, -0.2) is 18.0 Å². The zero-order valence-corrected chi connectivity index (χ0v) is 17.9. The molecule has 4 rings (SSSR count). The van der Waals surface area contributed by atoms with Crippen LogP contribution in [0.1, 0.15) is 15.9 Å². The Labute approximate surface area is 192 Å². The Morgan fingerprint density at radius 3 is 2.38 bits per heavy atom. The van der Waals surface area contributed by atoms with Gasteiger partial charge in [-0.05, 0) is 54.6 Å². The van der Waals surface area contributed by atoms with Crippen molar-refractivity contribution < 1.29 is 27.1 Å². The van der Waals surface area contributed by atoms with Gasteiger partial charge in [-0.25, -0.2) is 9.37 Å². The van der Waals surface area contributed by atoms with Crippen LogP contribution < -0.4 is 10.1 Å². The summed E-state index contributed by atoms with van der Waals surface area (Å²) in [6.45, 7) is 0. The number of nitrogens with one attached hydrogen (secondary N) is 1. The molecule has 0 saturated carbocycles. The highest BCUT2D eigenvalue weighted by atomic mass is 19.4. The molecule has 3 aromatic carbocycles. The molecule has 0 aliphatic carbocycles. The summed E-state index contributed by atoms with van der Waals surface area (Å²) >= 11 is 0. The van der Waals surface area contributed by atoms with Crippen LogP contribution in [0.3, 0.4) is 0 Å². The number of rotatable bonds is 5. The van der Waals surface area contributed by atoms with Crippen molar-refractivity contribution in [2.45, 2.75) is 6.18 Å². The van der Waals surface area contributed by atoms with E-state index in [1.54, 1.807) is 37.4 Å². The molecule has 0 unspecified atom stereocenters. The van der Waals surface area contributed by atoms with Gasteiger partial charge in [-0.2, -0.15) is 13.2 Å². The third kappa shape index (κ3) is 4.91. The first-order valence-electron chi connectivity index (χ1n) is 10.2. The lowest BCUT2D eigenvalue weighted by Crippen LogP contribution is -2.19. The maximum atomic E-state index is 13.4. The Morgan fingerprint density at radius 1 is 0.882 bits per heavy atom. The number of pyridine rings is 1. The first kappa shape index (κ1) is 23.0. The second-order valence-corrected chi connectivity index (χ2v) is 7.33. The fourth-order valence-corrected chi connectivity index (χ4v) is 3.51. The molecule has 0 saturated heterocycles. The lowest BCUT2D eigenvalue weighted by atomic mass is 10.1. The molecule has 1 aromatic heterocycles. The molecular weight excluding hydrogens is 448 g/mol. The van der Waals surface area contributed by atoms with E-state index in [2.05, 4.69) is 10.3 Å². The Kier molecular flexibility index (Phi) is 6.32. The van der Waals surface area contributed by atoms with Gasteiger partial charge in [0.15, 0.2) is 0 Å². The van der Waals surface area contributed by atoms with Gasteiger partial charge in [0.2, 0.25) is 0 Å². The number of nitrogens with zero attached hydrogens (tertiary/aromatic N) is 1. The van der Waals surface area contributed by atoms with E-state index in [0.29, 0.717) is 28.8 Å². The van der Waals surface area contributed by atoms with Crippen LogP contribution in [0.4, 0.5) is 23.2 Å². The van der Waals surface area contributed by atoms with Crippen LogP contribution in [0.5, 0.6) is 5.75 Å². The lowest BCUT2D eigenvalue weighted by molar-refractivity contribution is -0.138. The Morgan fingerprint density at radius 2 is 1.62 bits per heavy atom. The van der Waals surface area contributed by atoms with Crippen molar-refractivity contribution in [1.29, 1.82) is 0 Å². The number of carbonyl (C=O) groups excluding carboxylic acids is 1. The third-order valence-electron chi connectivity index (χ3n) is 5.08. The summed E-state index contributed by atoms with van der Waals surface area (Å²) in [6.07, 6.45) is -4.88. The van der Waals surface area contributed by atoms with Gasteiger partial charge in [0.05, 0.1) is 29.6 Å². The van der Waals surface area contributed by atoms with E-state index in [9.17, 15) is 22.4 Å². The number of halogens is 4. The number of benzene rings is 3. The van der Waals surface area contributed by atoms with Crippen molar-refractivity contribution >= 4 is 11.6 Å². The highest BCUT2D eigenvalue weighted by Gasteiger charge is 2.35. The van der Waals surface area contributed by atoms with Crippen molar-refractivity contribution in [3.63, 3.8) is 0 Å². The highest BCUT2D eigenvalue weighted by molar-refractivity contribution is 6.05. The van der Waals surface area contributed by atoms with Crippen molar-refractivity contribution in [3.05, 3.63) is 102 Å². The van der Waals surface area contributed by atoms with Crippen LogP contribution in [0.15, 0.2) is 84.9 Å². The number of aromatic nitrogens is 1. The molecule has 0 fully saturated rings. The zero-order chi connectivity index (χ0) is 24.3. The molecule has 1 amide bonds. The van der Waals surface area contributed by atoms with Crippen molar-refractivity contribution in [2.75, 3.05) is 12.4 Å². The molecule has 0 radical (unpaired) electrons. The molecule has 4 nitrogen and oxygen atoms in total. The van der Waals surface area contributed by atoms with E-state index in [-0.39, 0.29) is 5.69 Å². The van der Waals surface area contributed by atoms with Gasteiger partial charge in [0.25, 0.3) is 5.91 Å². The molecule has 0 aliphatic rings. The van der Waals surface area contributed by atoms with E-state index in [1.807, 2.05) is 36.4 Å². The number of amides is 1. The average molecular weight is 466 g/mol. The molecule has 1 N–H and O–H groups in total. The summed E-state index contributed by atoms with van der Waals surface area (Å²) in [5.74, 6) is -1.42. The second kappa shape index (κ2) is 9.35. The number of para-hydroxylation sites is 1. The van der Waals surface area contributed by atoms with Crippen LogP contribution >= 0.6 is 0 Å². The monoisotopic (exact) mass is 466 g/mol. The fourth-order valence-electron chi connectivity index (χ4n) is 3.51. The normalized spacial score (nSPS) is 11.2. The Bertz CT molecular complexity index is 1350. The zero-order valence-electron chi connectivity index (χ0n) is 17.9. The summed E-state index contributed by atoms with van der Waals surface area (Å²) in [4.78, 5) is 17.3. The number of methoxy groups -OCH3 is 1. The molecule has 172 valence electrons. The van der Waals surface area contributed by atoms with E-state index in [4.69, 9.17) is 4.74 Å². The van der Waals surface area contributed by atoms with E-state index in [0.717, 1.165) is 17.7 Å². The van der Waals surface area contributed by atoms with Gasteiger partial charge in [0, 0.05) is 16.8 Å². The summed E-state index contributed by atoms with van der Waals surface area (Å²) < 4.78 is 58.6. The highest BCUT2D eigenvalue weighted by Crippen LogP contribution is 2.33. The minimum Gasteiger partial charge on any atom is -0.496 e. The van der Waals surface area contributed by atoms with Crippen molar-refractivity contribution in [3.8, 4) is 28.3 Å². The minimum atomic E-state index is -4.88. The first-order chi connectivity index (χ1) is 16.3. The summed E-state index contributed by atoms with van der Waals surface area (Å²) in [5.41, 5.74) is 0.965. The molecule has 0 aliphatic heterocycles. The largest absolute Gasteiger partial charge is 0.496 e. The lowest BCUT2D eigenvalue weighted by Gasteiger charge is -2.14. The van der Waals surface area contributed by atoms with Crippen molar-refractivity contribution in [1.82, 2.24) is 4.98 Å². The van der Waals surface area contributed by atoms with Gasteiger partial charge in [-0.15, -0.1) is 0 Å². The quantitative estimate of drug-likeness (QED) is 0.328. The average Bonchev–Trinajstić information content (AvgIpc) is 2.83. The molecule has 0 bridgehead atoms.